The summed E-state index contributed by atoms with van der Waals surface area (Å²) < 4.78 is 9.33. The van der Waals surface area contributed by atoms with E-state index in [9.17, 15) is 19.5 Å². The van der Waals surface area contributed by atoms with Crippen molar-refractivity contribution in [2.75, 3.05) is 18.2 Å². The average Bonchev–Trinajstić information content (AvgIpc) is 3.04. The molecule has 10 nitrogen and oxygen atoms in total. The largest absolute Gasteiger partial charge is 0.475 e. The highest BCUT2D eigenvalue weighted by atomic mass is 16.6. The first-order chi connectivity index (χ1) is 11.0. The SMILES string of the molecule is C=CCOC(=O)/N=C(\C(=O)O)N(C(=O)OCC=C)n1cccn1. The molecule has 0 aliphatic heterocycles. The van der Waals surface area contributed by atoms with Crippen LogP contribution < -0.4 is 5.01 Å². The summed E-state index contributed by atoms with van der Waals surface area (Å²) in [6.45, 7) is 6.36. The fraction of sp³-hybridized carbons (Fsp3) is 0.154. The van der Waals surface area contributed by atoms with Gasteiger partial charge in [-0.1, -0.05) is 25.3 Å². The van der Waals surface area contributed by atoms with Gasteiger partial charge in [-0.05, 0) is 6.07 Å². The zero-order valence-electron chi connectivity index (χ0n) is 12.0. The fourth-order valence-electron chi connectivity index (χ4n) is 1.27. The van der Waals surface area contributed by atoms with Crippen LogP contribution in [0.4, 0.5) is 9.59 Å². The van der Waals surface area contributed by atoms with Gasteiger partial charge >= 0.3 is 18.2 Å². The van der Waals surface area contributed by atoms with E-state index in [0.717, 1.165) is 4.79 Å². The number of carboxylic acids is 1. The summed E-state index contributed by atoms with van der Waals surface area (Å²) in [5.41, 5.74) is 0. The third-order valence-corrected chi connectivity index (χ3v) is 2.11. The second-order valence-corrected chi connectivity index (χ2v) is 3.71. The van der Waals surface area contributed by atoms with Crippen LogP contribution in [0.5, 0.6) is 0 Å². The fourth-order valence-corrected chi connectivity index (χ4v) is 1.27. The lowest BCUT2D eigenvalue weighted by atomic mass is 10.5. The van der Waals surface area contributed by atoms with Crippen LogP contribution in [-0.2, 0) is 14.3 Å². The van der Waals surface area contributed by atoms with Crippen LogP contribution in [0.2, 0.25) is 0 Å². The minimum Gasteiger partial charge on any atom is -0.475 e. The van der Waals surface area contributed by atoms with Crippen molar-refractivity contribution in [2.45, 2.75) is 0 Å². The number of aromatic nitrogens is 2. The van der Waals surface area contributed by atoms with E-state index in [-0.39, 0.29) is 13.2 Å². The highest BCUT2D eigenvalue weighted by Gasteiger charge is 2.30. The number of aliphatic carboxylic acids is 1. The van der Waals surface area contributed by atoms with E-state index in [4.69, 9.17) is 4.74 Å². The van der Waals surface area contributed by atoms with Crippen molar-refractivity contribution in [2.24, 2.45) is 4.99 Å². The first-order valence-corrected chi connectivity index (χ1v) is 6.18. The maximum Gasteiger partial charge on any atom is 0.437 e. The molecule has 0 aromatic carbocycles. The first kappa shape index (κ1) is 17.6. The average molecular weight is 322 g/mol. The minimum atomic E-state index is -1.66. The number of amidine groups is 1. The molecule has 1 aromatic heterocycles. The Morgan fingerprint density at radius 1 is 1.26 bits per heavy atom. The number of ether oxygens (including phenoxy) is 2. The van der Waals surface area contributed by atoms with E-state index < -0.39 is 24.0 Å². The van der Waals surface area contributed by atoms with Gasteiger partial charge in [0.15, 0.2) is 0 Å². The number of carboxylic acid groups (broad SMARTS) is 1. The Hall–Kier alpha value is -3.43. The molecule has 0 fully saturated rings. The predicted molar refractivity (Wildman–Crippen MR) is 78.6 cm³/mol. The molecule has 10 heteroatoms. The van der Waals surface area contributed by atoms with Crippen molar-refractivity contribution in [3.8, 4) is 0 Å². The first-order valence-electron chi connectivity index (χ1n) is 6.18. The zero-order chi connectivity index (χ0) is 17.2. The van der Waals surface area contributed by atoms with Gasteiger partial charge in [-0.2, -0.15) is 9.89 Å². The number of amides is 2. The maximum atomic E-state index is 12.0. The summed E-state index contributed by atoms with van der Waals surface area (Å²) >= 11 is 0. The molecule has 0 spiro atoms. The Morgan fingerprint density at radius 2 is 1.91 bits per heavy atom. The van der Waals surface area contributed by atoms with Crippen LogP contribution in [0.1, 0.15) is 0 Å². The standard InChI is InChI=1S/C13H14N4O6/c1-3-8-22-12(20)15-10(11(18)19)17(13(21)23-9-4-2)16-7-5-6-14-16/h3-7H,1-2,8-9H2,(H,18,19)/b15-10+. The molecule has 23 heavy (non-hydrogen) atoms. The summed E-state index contributed by atoms with van der Waals surface area (Å²) in [4.78, 5) is 39.0. The Morgan fingerprint density at radius 3 is 2.43 bits per heavy atom. The predicted octanol–water partition coefficient (Wildman–Crippen LogP) is 0.949. The Labute approximate surface area is 130 Å². The second-order valence-electron chi connectivity index (χ2n) is 3.71. The number of hydrogen-bond acceptors (Lipinski definition) is 6. The molecule has 0 saturated heterocycles. The molecule has 1 aromatic rings. The molecule has 0 bridgehead atoms. The smallest absolute Gasteiger partial charge is 0.437 e. The molecule has 0 aliphatic rings. The van der Waals surface area contributed by atoms with Crippen LogP contribution in [0.25, 0.3) is 0 Å². The highest BCUT2D eigenvalue weighted by molar-refractivity contribution is 6.43. The molecule has 0 atom stereocenters. The summed E-state index contributed by atoms with van der Waals surface area (Å²) in [5.74, 6) is -2.61. The van der Waals surface area contributed by atoms with Gasteiger partial charge in [0, 0.05) is 6.20 Å². The van der Waals surface area contributed by atoms with Crippen LogP contribution >= 0.6 is 0 Å². The van der Waals surface area contributed by atoms with Crippen molar-refractivity contribution in [3.05, 3.63) is 43.8 Å². The van der Waals surface area contributed by atoms with Crippen LogP contribution in [0, 0.1) is 0 Å². The number of aliphatic imine (C=N–C) groups is 1. The molecular formula is C13H14N4O6. The minimum absolute atomic E-state index is 0.169. The molecule has 2 amide bonds. The van der Waals surface area contributed by atoms with Crippen LogP contribution in [0.15, 0.2) is 48.8 Å². The molecule has 1 rings (SSSR count). The Bertz CT molecular complexity index is 622. The Kier molecular flexibility index (Phi) is 6.72. The van der Waals surface area contributed by atoms with Gasteiger partial charge in [0.1, 0.15) is 13.2 Å². The van der Waals surface area contributed by atoms with Gasteiger partial charge < -0.3 is 14.6 Å². The normalized spacial score (nSPS) is 10.5. The number of hydrogen-bond donors (Lipinski definition) is 1. The second kappa shape index (κ2) is 8.77. The van der Waals surface area contributed by atoms with Gasteiger partial charge in [0.05, 0.1) is 6.20 Å². The molecular weight excluding hydrogens is 308 g/mol. The summed E-state index contributed by atoms with van der Waals surface area (Å²) in [7, 11) is 0. The van der Waals surface area contributed by atoms with Crippen molar-refractivity contribution >= 4 is 24.0 Å². The number of nitrogens with zero attached hydrogens (tertiary/aromatic N) is 4. The van der Waals surface area contributed by atoms with Gasteiger partial charge in [0.2, 0.25) is 0 Å². The Balaban J connectivity index is 3.18. The number of carbonyl (C=O) groups excluding carboxylic acids is 2. The van der Waals surface area contributed by atoms with Crippen molar-refractivity contribution in [1.29, 1.82) is 0 Å². The van der Waals surface area contributed by atoms with E-state index in [1.807, 2.05) is 0 Å². The third-order valence-electron chi connectivity index (χ3n) is 2.11. The lowest BCUT2D eigenvalue weighted by Gasteiger charge is -2.20. The monoisotopic (exact) mass is 322 g/mol. The molecule has 0 aliphatic carbocycles. The molecule has 0 unspecified atom stereocenters. The lowest BCUT2D eigenvalue weighted by molar-refractivity contribution is -0.129. The van der Waals surface area contributed by atoms with Crippen LogP contribution in [-0.4, -0.2) is 52.2 Å². The van der Waals surface area contributed by atoms with E-state index in [1.54, 1.807) is 0 Å². The summed E-state index contributed by atoms with van der Waals surface area (Å²) in [6.07, 6.45) is 2.79. The van der Waals surface area contributed by atoms with Gasteiger partial charge in [-0.15, -0.1) is 10.0 Å². The molecule has 1 heterocycles. The zero-order valence-corrected chi connectivity index (χ0v) is 12.0. The summed E-state index contributed by atoms with van der Waals surface area (Å²) in [5, 5.41) is 13.4. The van der Waals surface area contributed by atoms with Crippen molar-refractivity contribution in [1.82, 2.24) is 9.89 Å². The quantitative estimate of drug-likeness (QED) is 0.486. The van der Waals surface area contributed by atoms with Gasteiger partial charge in [0.25, 0.3) is 5.84 Å². The maximum absolute atomic E-state index is 12.0. The molecule has 0 radical (unpaired) electrons. The third kappa shape index (κ3) is 5.12. The molecule has 0 saturated carbocycles. The number of carbonyl (C=O) groups is 3. The number of rotatable bonds is 5. The topological polar surface area (TPSA) is 123 Å². The van der Waals surface area contributed by atoms with E-state index in [0.29, 0.717) is 5.01 Å². The molecule has 122 valence electrons. The highest BCUT2D eigenvalue weighted by Crippen LogP contribution is 2.00. The van der Waals surface area contributed by atoms with Crippen molar-refractivity contribution in [3.63, 3.8) is 0 Å². The lowest BCUT2D eigenvalue weighted by Crippen LogP contribution is -2.49. The van der Waals surface area contributed by atoms with E-state index >= 15 is 0 Å². The van der Waals surface area contributed by atoms with Gasteiger partial charge in [-0.25, -0.2) is 14.4 Å². The van der Waals surface area contributed by atoms with Crippen molar-refractivity contribution < 1.29 is 29.0 Å². The van der Waals surface area contributed by atoms with Crippen LogP contribution in [0.3, 0.4) is 0 Å². The van der Waals surface area contributed by atoms with E-state index in [1.165, 1.54) is 30.6 Å². The van der Waals surface area contributed by atoms with Gasteiger partial charge in [-0.3, -0.25) is 0 Å². The van der Waals surface area contributed by atoms with E-state index in [2.05, 4.69) is 28.0 Å². The summed E-state index contributed by atoms with van der Waals surface area (Å²) in [6, 6.07) is 1.43. The molecule has 1 N–H and O–H groups in total.